The van der Waals surface area contributed by atoms with Crippen molar-refractivity contribution in [2.45, 2.75) is 25.2 Å². The number of amides is 2. The summed E-state index contributed by atoms with van der Waals surface area (Å²) in [6.45, 7) is 0.853. The number of aromatic nitrogens is 3. The second kappa shape index (κ2) is 11.7. The number of nitrogens with zero attached hydrogens (tertiary/aromatic N) is 3. The summed E-state index contributed by atoms with van der Waals surface area (Å²) in [6.07, 6.45) is -2.62. The van der Waals surface area contributed by atoms with Crippen molar-refractivity contribution in [3.63, 3.8) is 0 Å². The summed E-state index contributed by atoms with van der Waals surface area (Å²) >= 11 is 0. The molecule has 38 heavy (non-hydrogen) atoms. The molecular formula is C24H24F3N7O4. The fourth-order valence-electron chi connectivity index (χ4n) is 3.56. The minimum absolute atomic E-state index is 0.0861. The third kappa shape index (κ3) is 7.06. The second-order valence-corrected chi connectivity index (χ2v) is 8.14. The molecule has 2 amide bonds. The van der Waals surface area contributed by atoms with E-state index in [1.54, 1.807) is 19.3 Å². The zero-order valence-corrected chi connectivity index (χ0v) is 20.1. The van der Waals surface area contributed by atoms with E-state index in [9.17, 15) is 22.8 Å². The largest absolute Gasteiger partial charge is 0.443 e. The average Bonchev–Trinajstić information content (AvgIpc) is 3.40. The lowest BCUT2D eigenvalue weighted by Crippen LogP contribution is -2.23. The Bertz CT molecular complexity index is 1300. The van der Waals surface area contributed by atoms with Crippen LogP contribution in [0.2, 0.25) is 0 Å². The van der Waals surface area contributed by atoms with E-state index in [2.05, 4.69) is 36.2 Å². The molecule has 1 aliphatic rings. The van der Waals surface area contributed by atoms with Crippen molar-refractivity contribution in [3.05, 3.63) is 65.6 Å². The van der Waals surface area contributed by atoms with Gasteiger partial charge in [-0.25, -0.2) is 19.7 Å². The van der Waals surface area contributed by atoms with Gasteiger partial charge in [0.15, 0.2) is 0 Å². The average molecular weight is 531 g/mol. The standard InChI is InChI=1S/C24H24F3N7O4/c1-28-22-30-7-4-15(33-22)12-31-20-19(3-2-6-29-20)21(35)32-16-9-14(24(25,26)27)10-17(11-16)34-23(36)38-18-5-8-37-13-18/h2-4,6-7,9-11,18H,5,8,12-13H2,1H3,(H,29,31)(H,32,35)(H,34,36)(H,28,30,33). The molecule has 11 nitrogen and oxygen atoms in total. The maximum atomic E-state index is 13.5. The van der Waals surface area contributed by atoms with Gasteiger partial charge in [0.05, 0.1) is 36.6 Å². The van der Waals surface area contributed by atoms with Gasteiger partial charge in [0.1, 0.15) is 11.9 Å². The molecule has 1 atom stereocenters. The summed E-state index contributed by atoms with van der Waals surface area (Å²) in [4.78, 5) is 37.7. The van der Waals surface area contributed by atoms with Gasteiger partial charge in [-0.1, -0.05) is 0 Å². The van der Waals surface area contributed by atoms with E-state index in [1.165, 1.54) is 24.4 Å². The topological polar surface area (TPSA) is 139 Å². The van der Waals surface area contributed by atoms with Crippen LogP contribution in [0.4, 0.5) is 41.1 Å². The van der Waals surface area contributed by atoms with Crippen LogP contribution < -0.4 is 21.3 Å². The summed E-state index contributed by atoms with van der Waals surface area (Å²) in [5.41, 5.74) is -0.751. The highest BCUT2D eigenvalue weighted by molar-refractivity contribution is 6.07. The normalized spacial score (nSPS) is 15.0. The number of hydrogen-bond donors (Lipinski definition) is 4. The maximum Gasteiger partial charge on any atom is 0.416 e. The third-order valence-electron chi connectivity index (χ3n) is 5.35. The Balaban J connectivity index is 1.50. The van der Waals surface area contributed by atoms with Crippen molar-refractivity contribution in [2.75, 3.05) is 41.5 Å². The summed E-state index contributed by atoms with van der Waals surface area (Å²) in [5, 5.41) is 10.6. The van der Waals surface area contributed by atoms with Gasteiger partial charge in [0, 0.05) is 37.2 Å². The van der Waals surface area contributed by atoms with Gasteiger partial charge in [0.25, 0.3) is 5.91 Å². The quantitative estimate of drug-likeness (QED) is 0.338. The van der Waals surface area contributed by atoms with E-state index in [4.69, 9.17) is 9.47 Å². The van der Waals surface area contributed by atoms with Crippen LogP contribution in [0.3, 0.4) is 0 Å². The molecule has 3 heterocycles. The molecule has 4 N–H and O–H groups in total. The highest BCUT2D eigenvalue weighted by atomic mass is 19.4. The molecule has 200 valence electrons. The van der Waals surface area contributed by atoms with Crippen LogP contribution in [0.25, 0.3) is 0 Å². The Labute approximate surface area is 215 Å². The predicted molar refractivity (Wildman–Crippen MR) is 132 cm³/mol. The number of pyridine rings is 1. The number of halogens is 3. The van der Waals surface area contributed by atoms with Crippen molar-refractivity contribution >= 4 is 35.1 Å². The molecule has 0 radical (unpaired) electrons. The Morgan fingerprint density at radius 2 is 1.89 bits per heavy atom. The molecule has 4 rings (SSSR count). The van der Waals surface area contributed by atoms with E-state index in [0.29, 0.717) is 24.7 Å². The fraction of sp³-hybridized carbons (Fsp3) is 0.292. The number of hydrogen-bond acceptors (Lipinski definition) is 9. The first-order valence-electron chi connectivity index (χ1n) is 11.5. The first-order chi connectivity index (χ1) is 18.2. The van der Waals surface area contributed by atoms with Crippen molar-refractivity contribution in [2.24, 2.45) is 0 Å². The van der Waals surface area contributed by atoms with Crippen LogP contribution in [0.1, 0.15) is 28.0 Å². The molecule has 1 unspecified atom stereocenters. The first-order valence-corrected chi connectivity index (χ1v) is 11.5. The van der Waals surface area contributed by atoms with Gasteiger partial charge in [-0.3, -0.25) is 10.1 Å². The fourth-order valence-corrected chi connectivity index (χ4v) is 3.56. The van der Waals surface area contributed by atoms with E-state index >= 15 is 0 Å². The number of ether oxygens (including phenoxy) is 2. The van der Waals surface area contributed by atoms with Crippen molar-refractivity contribution in [3.8, 4) is 0 Å². The van der Waals surface area contributed by atoms with Crippen LogP contribution in [0.15, 0.2) is 48.8 Å². The number of carbonyl (C=O) groups is 2. The highest BCUT2D eigenvalue weighted by Crippen LogP contribution is 2.34. The van der Waals surface area contributed by atoms with Crippen LogP contribution in [0.5, 0.6) is 0 Å². The molecule has 1 fully saturated rings. The number of rotatable bonds is 8. The lowest BCUT2D eigenvalue weighted by Gasteiger charge is -2.16. The molecule has 0 spiro atoms. The number of carbonyl (C=O) groups excluding carboxylic acids is 2. The second-order valence-electron chi connectivity index (χ2n) is 8.14. The monoisotopic (exact) mass is 531 g/mol. The molecule has 14 heteroatoms. The molecule has 0 aliphatic carbocycles. The number of anilines is 4. The van der Waals surface area contributed by atoms with Crippen molar-refractivity contribution in [1.82, 2.24) is 15.0 Å². The number of benzene rings is 1. The van der Waals surface area contributed by atoms with Crippen molar-refractivity contribution < 1.29 is 32.2 Å². The Morgan fingerprint density at radius 3 is 2.61 bits per heavy atom. The number of nitrogens with one attached hydrogen (secondary N) is 4. The lowest BCUT2D eigenvalue weighted by atomic mass is 10.1. The van der Waals surface area contributed by atoms with Gasteiger partial charge >= 0.3 is 12.3 Å². The summed E-state index contributed by atoms with van der Waals surface area (Å²) in [5.74, 6) is -0.102. The van der Waals surface area contributed by atoms with Gasteiger partial charge in [-0.05, 0) is 36.4 Å². The first kappa shape index (κ1) is 26.6. The number of alkyl halides is 3. The minimum Gasteiger partial charge on any atom is -0.443 e. The van der Waals surface area contributed by atoms with E-state index in [1.807, 2.05) is 0 Å². The lowest BCUT2D eigenvalue weighted by molar-refractivity contribution is -0.137. The molecule has 0 bridgehead atoms. The highest BCUT2D eigenvalue weighted by Gasteiger charge is 2.32. The predicted octanol–water partition coefficient (Wildman–Crippen LogP) is 4.13. The Hall–Kier alpha value is -4.46. The van der Waals surface area contributed by atoms with Crippen LogP contribution in [-0.4, -0.2) is 53.3 Å². The van der Waals surface area contributed by atoms with Gasteiger partial charge in [-0.15, -0.1) is 0 Å². The smallest absolute Gasteiger partial charge is 0.416 e. The molecular weight excluding hydrogens is 507 g/mol. The van der Waals surface area contributed by atoms with Crippen LogP contribution in [0, 0.1) is 0 Å². The zero-order valence-electron chi connectivity index (χ0n) is 20.1. The molecule has 1 aromatic carbocycles. The third-order valence-corrected chi connectivity index (χ3v) is 5.35. The molecule has 2 aromatic heterocycles. The van der Waals surface area contributed by atoms with E-state index in [0.717, 1.165) is 12.1 Å². The summed E-state index contributed by atoms with van der Waals surface area (Å²) in [6, 6.07) is 7.38. The SMILES string of the molecule is CNc1nccc(CNc2ncccc2C(=O)Nc2cc(NC(=O)OC3CCOC3)cc(C(F)(F)F)c2)n1. The van der Waals surface area contributed by atoms with Gasteiger partial charge in [-0.2, -0.15) is 13.2 Å². The maximum absolute atomic E-state index is 13.5. The molecule has 1 aliphatic heterocycles. The summed E-state index contributed by atoms with van der Waals surface area (Å²) in [7, 11) is 1.68. The molecule has 3 aromatic rings. The van der Waals surface area contributed by atoms with E-state index < -0.39 is 29.8 Å². The Morgan fingerprint density at radius 1 is 1.11 bits per heavy atom. The molecule has 0 saturated carbocycles. The van der Waals surface area contributed by atoms with Crippen LogP contribution >= 0.6 is 0 Å². The Kier molecular flexibility index (Phi) is 8.21. The summed E-state index contributed by atoms with van der Waals surface area (Å²) < 4.78 is 50.9. The zero-order chi connectivity index (χ0) is 27.1. The van der Waals surface area contributed by atoms with E-state index in [-0.39, 0.29) is 35.9 Å². The van der Waals surface area contributed by atoms with Crippen molar-refractivity contribution in [1.29, 1.82) is 0 Å². The minimum atomic E-state index is -4.73. The van der Waals surface area contributed by atoms with Gasteiger partial charge < -0.3 is 25.4 Å². The van der Waals surface area contributed by atoms with Gasteiger partial charge in [0.2, 0.25) is 5.95 Å². The van der Waals surface area contributed by atoms with Crippen LogP contribution in [-0.2, 0) is 22.2 Å². The molecule has 1 saturated heterocycles.